The summed E-state index contributed by atoms with van der Waals surface area (Å²) in [6.45, 7) is 3.12. The molecule has 0 aliphatic carbocycles. The van der Waals surface area contributed by atoms with Crippen LogP contribution in [0.1, 0.15) is 37.1 Å². The van der Waals surface area contributed by atoms with Gasteiger partial charge in [0.25, 0.3) is 0 Å². The van der Waals surface area contributed by atoms with Crippen LogP contribution >= 0.6 is 0 Å². The molecule has 0 saturated heterocycles. The third-order valence-electron chi connectivity index (χ3n) is 3.30. The largest absolute Gasteiger partial charge is 0.309 e. The van der Waals surface area contributed by atoms with E-state index in [1.807, 2.05) is 12.3 Å². The van der Waals surface area contributed by atoms with Crippen molar-refractivity contribution in [1.29, 1.82) is 0 Å². The zero-order chi connectivity index (χ0) is 13.3. The van der Waals surface area contributed by atoms with Gasteiger partial charge in [-0.25, -0.2) is 0 Å². The van der Waals surface area contributed by atoms with Gasteiger partial charge >= 0.3 is 0 Å². The maximum Gasteiger partial charge on any atom is 0.0573 e. The van der Waals surface area contributed by atoms with Crippen molar-refractivity contribution in [1.82, 2.24) is 10.3 Å². The molecule has 1 unspecified atom stereocenters. The standard InChI is InChI=1S/C17H22N2/c1-2-18-16(17-12-6-7-14-19-17)13-8-11-15-9-4-3-5-10-15/h3-7,9-10,12,14,16,18H,2,8,11,13H2,1H3. The van der Waals surface area contributed by atoms with Gasteiger partial charge in [0.2, 0.25) is 0 Å². The highest BCUT2D eigenvalue weighted by molar-refractivity contribution is 5.15. The number of aryl methyl sites for hydroxylation is 1. The molecular weight excluding hydrogens is 232 g/mol. The summed E-state index contributed by atoms with van der Waals surface area (Å²) in [7, 11) is 0. The zero-order valence-corrected chi connectivity index (χ0v) is 11.5. The minimum absolute atomic E-state index is 0.370. The van der Waals surface area contributed by atoms with Crippen molar-refractivity contribution < 1.29 is 0 Å². The molecule has 1 aromatic carbocycles. The molecule has 0 radical (unpaired) electrons. The Hall–Kier alpha value is -1.67. The normalized spacial score (nSPS) is 12.3. The van der Waals surface area contributed by atoms with E-state index >= 15 is 0 Å². The predicted octanol–water partition coefficient (Wildman–Crippen LogP) is 3.76. The molecule has 2 heteroatoms. The first-order chi connectivity index (χ1) is 9.40. The number of benzene rings is 1. The second kappa shape index (κ2) is 7.70. The van der Waals surface area contributed by atoms with Crippen LogP contribution in [-0.4, -0.2) is 11.5 Å². The Bertz CT molecular complexity index is 453. The number of hydrogen-bond donors (Lipinski definition) is 1. The van der Waals surface area contributed by atoms with Crippen LogP contribution in [0.25, 0.3) is 0 Å². The van der Waals surface area contributed by atoms with Gasteiger partial charge in [0.05, 0.1) is 5.69 Å². The smallest absolute Gasteiger partial charge is 0.0573 e. The van der Waals surface area contributed by atoms with E-state index in [1.165, 1.54) is 12.0 Å². The van der Waals surface area contributed by atoms with Crippen LogP contribution < -0.4 is 5.32 Å². The van der Waals surface area contributed by atoms with Gasteiger partial charge in [-0.1, -0.05) is 43.3 Å². The lowest BCUT2D eigenvalue weighted by atomic mass is 10.0. The van der Waals surface area contributed by atoms with Crippen molar-refractivity contribution in [2.24, 2.45) is 0 Å². The van der Waals surface area contributed by atoms with Gasteiger partial charge in [-0.15, -0.1) is 0 Å². The number of aromatic nitrogens is 1. The van der Waals surface area contributed by atoms with Gasteiger partial charge in [0.1, 0.15) is 0 Å². The van der Waals surface area contributed by atoms with Crippen molar-refractivity contribution in [3.05, 3.63) is 66.0 Å². The van der Waals surface area contributed by atoms with Crippen molar-refractivity contribution in [3.8, 4) is 0 Å². The number of nitrogens with one attached hydrogen (secondary N) is 1. The Morgan fingerprint density at radius 3 is 2.53 bits per heavy atom. The van der Waals surface area contributed by atoms with Crippen LogP contribution in [0.2, 0.25) is 0 Å². The van der Waals surface area contributed by atoms with Crippen LogP contribution in [0.15, 0.2) is 54.7 Å². The summed E-state index contributed by atoms with van der Waals surface area (Å²) < 4.78 is 0. The molecule has 19 heavy (non-hydrogen) atoms. The molecule has 0 aliphatic heterocycles. The molecule has 1 heterocycles. The van der Waals surface area contributed by atoms with E-state index in [2.05, 4.69) is 59.7 Å². The van der Waals surface area contributed by atoms with Crippen molar-refractivity contribution in [3.63, 3.8) is 0 Å². The van der Waals surface area contributed by atoms with E-state index in [0.29, 0.717) is 6.04 Å². The lowest BCUT2D eigenvalue weighted by Gasteiger charge is -2.17. The molecule has 0 saturated carbocycles. The molecule has 1 atom stereocenters. The van der Waals surface area contributed by atoms with E-state index in [0.717, 1.165) is 25.1 Å². The second-order valence-electron chi connectivity index (χ2n) is 4.74. The predicted molar refractivity (Wildman–Crippen MR) is 80.0 cm³/mol. The molecule has 2 aromatic rings. The molecule has 0 spiro atoms. The summed E-state index contributed by atoms with van der Waals surface area (Å²) in [5.41, 5.74) is 2.57. The molecule has 2 rings (SSSR count). The third kappa shape index (κ3) is 4.49. The Morgan fingerprint density at radius 1 is 1.05 bits per heavy atom. The molecule has 2 nitrogen and oxygen atoms in total. The summed E-state index contributed by atoms with van der Waals surface area (Å²) in [5.74, 6) is 0. The van der Waals surface area contributed by atoms with Crippen LogP contribution in [0.5, 0.6) is 0 Å². The number of hydrogen-bond acceptors (Lipinski definition) is 2. The summed E-state index contributed by atoms with van der Waals surface area (Å²) in [4.78, 5) is 4.46. The minimum Gasteiger partial charge on any atom is -0.309 e. The van der Waals surface area contributed by atoms with Gasteiger partial charge in [0.15, 0.2) is 0 Å². The third-order valence-corrected chi connectivity index (χ3v) is 3.30. The highest BCUT2D eigenvalue weighted by Gasteiger charge is 2.10. The van der Waals surface area contributed by atoms with Crippen LogP contribution in [-0.2, 0) is 6.42 Å². The number of nitrogens with zero attached hydrogens (tertiary/aromatic N) is 1. The van der Waals surface area contributed by atoms with E-state index < -0.39 is 0 Å². The quantitative estimate of drug-likeness (QED) is 0.814. The summed E-state index contributed by atoms with van der Waals surface area (Å²) >= 11 is 0. The lowest BCUT2D eigenvalue weighted by Crippen LogP contribution is -2.21. The average Bonchev–Trinajstić information content (AvgIpc) is 2.48. The lowest BCUT2D eigenvalue weighted by molar-refractivity contribution is 0.487. The molecule has 1 aromatic heterocycles. The van der Waals surface area contributed by atoms with Gasteiger partial charge in [-0.3, -0.25) is 4.98 Å². The van der Waals surface area contributed by atoms with Crippen molar-refractivity contribution in [2.75, 3.05) is 6.54 Å². The Kier molecular flexibility index (Phi) is 5.57. The van der Waals surface area contributed by atoms with E-state index in [9.17, 15) is 0 Å². The number of rotatable bonds is 7. The SMILES string of the molecule is CCNC(CCCc1ccccc1)c1ccccn1. The van der Waals surface area contributed by atoms with Crippen molar-refractivity contribution in [2.45, 2.75) is 32.2 Å². The summed E-state index contributed by atoms with van der Waals surface area (Å²) in [6, 6.07) is 17.2. The van der Waals surface area contributed by atoms with Gasteiger partial charge in [-0.2, -0.15) is 0 Å². The van der Waals surface area contributed by atoms with Crippen LogP contribution in [0, 0.1) is 0 Å². The van der Waals surface area contributed by atoms with E-state index in [-0.39, 0.29) is 0 Å². The fourth-order valence-corrected chi connectivity index (χ4v) is 2.34. The molecule has 0 fully saturated rings. The average molecular weight is 254 g/mol. The Morgan fingerprint density at radius 2 is 1.84 bits per heavy atom. The Balaban J connectivity index is 1.87. The fraction of sp³-hybridized carbons (Fsp3) is 0.353. The topological polar surface area (TPSA) is 24.9 Å². The molecular formula is C17H22N2. The molecule has 0 bridgehead atoms. The monoisotopic (exact) mass is 254 g/mol. The van der Waals surface area contributed by atoms with E-state index in [1.54, 1.807) is 0 Å². The fourth-order valence-electron chi connectivity index (χ4n) is 2.34. The van der Waals surface area contributed by atoms with Crippen LogP contribution in [0.3, 0.4) is 0 Å². The first kappa shape index (κ1) is 13.8. The van der Waals surface area contributed by atoms with Gasteiger partial charge in [-0.05, 0) is 43.5 Å². The zero-order valence-electron chi connectivity index (χ0n) is 11.5. The van der Waals surface area contributed by atoms with Crippen molar-refractivity contribution >= 4 is 0 Å². The van der Waals surface area contributed by atoms with Crippen LogP contribution in [0.4, 0.5) is 0 Å². The maximum absolute atomic E-state index is 4.46. The molecule has 0 aliphatic rings. The molecule has 0 amide bonds. The first-order valence-corrected chi connectivity index (χ1v) is 7.08. The van der Waals surface area contributed by atoms with Gasteiger partial charge in [0, 0.05) is 12.2 Å². The highest BCUT2D eigenvalue weighted by atomic mass is 14.9. The highest BCUT2D eigenvalue weighted by Crippen LogP contribution is 2.17. The molecule has 100 valence electrons. The van der Waals surface area contributed by atoms with Gasteiger partial charge < -0.3 is 5.32 Å². The minimum atomic E-state index is 0.370. The number of pyridine rings is 1. The van der Waals surface area contributed by atoms with E-state index in [4.69, 9.17) is 0 Å². The summed E-state index contributed by atoms with van der Waals surface area (Å²) in [5, 5.41) is 3.52. The molecule has 1 N–H and O–H groups in total. The Labute approximate surface area is 115 Å². The first-order valence-electron chi connectivity index (χ1n) is 7.08. The second-order valence-corrected chi connectivity index (χ2v) is 4.74. The summed E-state index contributed by atoms with van der Waals surface area (Å²) in [6.07, 6.45) is 5.31. The maximum atomic E-state index is 4.46.